The molecule has 2 aliphatic carbocycles. The van der Waals surface area contributed by atoms with Crippen molar-refractivity contribution in [2.75, 3.05) is 0 Å². The van der Waals surface area contributed by atoms with E-state index in [-0.39, 0.29) is 0 Å². The standard InChI is InChI=1S/C16H32N2/c17-15(13-7-3-1-4-8-13)11-12-16(18)14-9-5-2-6-10-14/h13-16H,1-12,17-18H2. The molecule has 2 aliphatic rings. The first-order chi connectivity index (χ1) is 8.77. The molecule has 2 rings (SSSR count). The SMILES string of the molecule is NC(CCC(N)C1CCCCC1)C1CCCCC1. The van der Waals surface area contributed by atoms with E-state index in [2.05, 4.69) is 0 Å². The summed E-state index contributed by atoms with van der Waals surface area (Å²) < 4.78 is 0. The average molecular weight is 252 g/mol. The number of rotatable bonds is 5. The highest BCUT2D eigenvalue weighted by Crippen LogP contribution is 2.30. The summed E-state index contributed by atoms with van der Waals surface area (Å²) in [5, 5.41) is 0. The Morgan fingerprint density at radius 2 is 0.944 bits per heavy atom. The lowest BCUT2D eigenvalue weighted by Gasteiger charge is -2.31. The first-order valence-electron chi connectivity index (χ1n) is 8.28. The van der Waals surface area contributed by atoms with Crippen LogP contribution in [0.4, 0.5) is 0 Å². The lowest BCUT2D eigenvalue weighted by atomic mass is 9.79. The van der Waals surface area contributed by atoms with Gasteiger partial charge in [-0.05, 0) is 50.4 Å². The van der Waals surface area contributed by atoms with Gasteiger partial charge in [-0.3, -0.25) is 0 Å². The molecule has 0 aromatic rings. The summed E-state index contributed by atoms with van der Waals surface area (Å²) in [6.07, 6.45) is 16.2. The molecule has 0 spiro atoms. The third kappa shape index (κ3) is 4.24. The lowest BCUT2D eigenvalue weighted by Crippen LogP contribution is -2.36. The molecular weight excluding hydrogens is 220 g/mol. The zero-order valence-corrected chi connectivity index (χ0v) is 11.9. The van der Waals surface area contributed by atoms with Crippen molar-refractivity contribution in [3.63, 3.8) is 0 Å². The number of hydrogen-bond acceptors (Lipinski definition) is 2. The Morgan fingerprint density at radius 1 is 0.611 bits per heavy atom. The van der Waals surface area contributed by atoms with Gasteiger partial charge >= 0.3 is 0 Å². The molecule has 0 aromatic carbocycles. The minimum Gasteiger partial charge on any atom is -0.327 e. The summed E-state index contributed by atoms with van der Waals surface area (Å²) in [5.41, 5.74) is 12.7. The van der Waals surface area contributed by atoms with Gasteiger partial charge in [0.05, 0.1) is 0 Å². The Kier molecular flexibility index (Phi) is 5.97. The lowest BCUT2D eigenvalue weighted by molar-refractivity contribution is 0.258. The third-order valence-corrected chi connectivity index (χ3v) is 5.34. The van der Waals surface area contributed by atoms with Crippen LogP contribution in [0.3, 0.4) is 0 Å². The van der Waals surface area contributed by atoms with E-state index in [1.54, 1.807) is 0 Å². The van der Waals surface area contributed by atoms with Gasteiger partial charge in [0.25, 0.3) is 0 Å². The molecule has 2 fully saturated rings. The van der Waals surface area contributed by atoms with E-state index in [0.29, 0.717) is 12.1 Å². The second-order valence-corrected chi connectivity index (χ2v) is 6.70. The fraction of sp³-hybridized carbons (Fsp3) is 1.00. The summed E-state index contributed by atoms with van der Waals surface area (Å²) in [4.78, 5) is 0. The van der Waals surface area contributed by atoms with E-state index >= 15 is 0 Å². The highest BCUT2D eigenvalue weighted by Gasteiger charge is 2.24. The van der Waals surface area contributed by atoms with Gasteiger partial charge in [0.2, 0.25) is 0 Å². The van der Waals surface area contributed by atoms with Crippen molar-refractivity contribution in [1.29, 1.82) is 0 Å². The van der Waals surface area contributed by atoms with Crippen LogP contribution in [0.25, 0.3) is 0 Å². The summed E-state index contributed by atoms with van der Waals surface area (Å²) in [7, 11) is 0. The molecule has 0 heterocycles. The van der Waals surface area contributed by atoms with E-state index in [1.165, 1.54) is 64.2 Å². The monoisotopic (exact) mass is 252 g/mol. The maximum atomic E-state index is 6.37. The van der Waals surface area contributed by atoms with Gasteiger partial charge in [-0.2, -0.15) is 0 Å². The predicted octanol–water partition coefficient (Wildman–Crippen LogP) is 3.58. The molecule has 18 heavy (non-hydrogen) atoms. The van der Waals surface area contributed by atoms with Crippen LogP contribution in [0.15, 0.2) is 0 Å². The average Bonchev–Trinajstić information content (AvgIpc) is 2.46. The van der Waals surface area contributed by atoms with E-state index in [4.69, 9.17) is 11.5 Å². The van der Waals surface area contributed by atoms with Crippen molar-refractivity contribution < 1.29 is 0 Å². The largest absolute Gasteiger partial charge is 0.327 e. The van der Waals surface area contributed by atoms with Crippen LogP contribution >= 0.6 is 0 Å². The van der Waals surface area contributed by atoms with Crippen molar-refractivity contribution in [3.05, 3.63) is 0 Å². The van der Waals surface area contributed by atoms with Crippen molar-refractivity contribution in [1.82, 2.24) is 0 Å². The Labute approximate surface area is 113 Å². The van der Waals surface area contributed by atoms with E-state index < -0.39 is 0 Å². The molecule has 0 aromatic heterocycles. The molecule has 0 saturated heterocycles. The van der Waals surface area contributed by atoms with E-state index in [1.807, 2.05) is 0 Å². The highest BCUT2D eigenvalue weighted by molar-refractivity contribution is 4.81. The van der Waals surface area contributed by atoms with Crippen LogP contribution < -0.4 is 11.5 Å². The minimum absolute atomic E-state index is 0.417. The number of nitrogens with two attached hydrogens (primary N) is 2. The molecule has 0 radical (unpaired) electrons. The van der Waals surface area contributed by atoms with Crippen molar-refractivity contribution >= 4 is 0 Å². The van der Waals surface area contributed by atoms with Crippen molar-refractivity contribution in [2.24, 2.45) is 23.3 Å². The Bertz CT molecular complexity index is 193. The normalized spacial score (nSPS) is 27.0. The van der Waals surface area contributed by atoms with Gasteiger partial charge < -0.3 is 11.5 Å². The third-order valence-electron chi connectivity index (χ3n) is 5.34. The molecule has 106 valence electrons. The second-order valence-electron chi connectivity index (χ2n) is 6.70. The zero-order valence-electron chi connectivity index (χ0n) is 11.9. The summed E-state index contributed by atoms with van der Waals surface area (Å²) >= 11 is 0. The molecule has 0 amide bonds. The van der Waals surface area contributed by atoms with Crippen molar-refractivity contribution in [2.45, 2.75) is 89.1 Å². The predicted molar refractivity (Wildman–Crippen MR) is 78.3 cm³/mol. The molecule has 2 saturated carbocycles. The highest BCUT2D eigenvalue weighted by atomic mass is 14.7. The smallest absolute Gasteiger partial charge is 0.00677 e. The molecule has 2 nitrogen and oxygen atoms in total. The van der Waals surface area contributed by atoms with Gasteiger partial charge in [0.15, 0.2) is 0 Å². The van der Waals surface area contributed by atoms with Gasteiger partial charge in [-0.1, -0.05) is 38.5 Å². The van der Waals surface area contributed by atoms with Crippen molar-refractivity contribution in [3.8, 4) is 0 Å². The van der Waals surface area contributed by atoms with E-state index in [9.17, 15) is 0 Å². The van der Waals surface area contributed by atoms with Gasteiger partial charge in [-0.15, -0.1) is 0 Å². The fourth-order valence-corrected chi connectivity index (χ4v) is 3.98. The molecule has 2 heteroatoms. The first-order valence-corrected chi connectivity index (χ1v) is 8.28. The summed E-state index contributed by atoms with van der Waals surface area (Å²) in [6, 6.07) is 0.833. The first kappa shape index (κ1) is 14.3. The fourth-order valence-electron chi connectivity index (χ4n) is 3.98. The second kappa shape index (κ2) is 7.49. The van der Waals surface area contributed by atoms with Gasteiger partial charge in [0, 0.05) is 12.1 Å². The van der Waals surface area contributed by atoms with Crippen LogP contribution in [0.5, 0.6) is 0 Å². The maximum Gasteiger partial charge on any atom is 0.00677 e. The van der Waals surface area contributed by atoms with Gasteiger partial charge in [0.1, 0.15) is 0 Å². The Morgan fingerprint density at radius 3 is 1.28 bits per heavy atom. The molecule has 2 unspecified atom stereocenters. The quantitative estimate of drug-likeness (QED) is 0.785. The van der Waals surface area contributed by atoms with E-state index in [0.717, 1.165) is 24.7 Å². The minimum atomic E-state index is 0.417. The van der Waals surface area contributed by atoms with Crippen LogP contribution in [-0.2, 0) is 0 Å². The Hall–Kier alpha value is -0.0800. The molecular formula is C16H32N2. The van der Waals surface area contributed by atoms with Crippen LogP contribution in [-0.4, -0.2) is 12.1 Å². The van der Waals surface area contributed by atoms with Crippen LogP contribution in [0.1, 0.15) is 77.0 Å². The van der Waals surface area contributed by atoms with Crippen LogP contribution in [0, 0.1) is 11.8 Å². The molecule has 4 N–H and O–H groups in total. The van der Waals surface area contributed by atoms with Gasteiger partial charge in [-0.25, -0.2) is 0 Å². The summed E-state index contributed by atoms with van der Waals surface area (Å²) in [6.45, 7) is 0. The summed E-state index contributed by atoms with van der Waals surface area (Å²) in [5.74, 6) is 1.58. The Balaban J connectivity index is 1.66. The molecule has 0 aliphatic heterocycles. The number of hydrogen-bond donors (Lipinski definition) is 2. The molecule has 0 bridgehead atoms. The zero-order chi connectivity index (χ0) is 12.8. The van der Waals surface area contributed by atoms with Crippen LogP contribution in [0.2, 0.25) is 0 Å². The maximum absolute atomic E-state index is 6.37. The topological polar surface area (TPSA) is 52.0 Å². The molecule has 2 atom stereocenters.